The van der Waals surface area contributed by atoms with Gasteiger partial charge in [-0.3, -0.25) is 24.0 Å². The van der Waals surface area contributed by atoms with E-state index in [-0.39, 0.29) is 61.3 Å². The number of Topliss-reactive ketones (excluding diaryl/α,β-unsaturated/α-hetero) is 1. The molecule has 1 aromatic heterocycles. The number of nitrogens with zero attached hydrogens (tertiary/aromatic N) is 1. The van der Waals surface area contributed by atoms with Gasteiger partial charge in [-0.25, -0.2) is 14.4 Å². The first-order valence-electron chi connectivity index (χ1n) is 24.0. The van der Waals surface area contributed by atoms with E-state index in [2.05, 4.69) is 21.3 Å². The van der Waals surface area contributed by atoms with Crippen molar-refractivity contribution in [2.24, 2.45) is 5.92 Å². The average molecular weight is 1000 g/mol. The van der Waals surface area contributed by atoms with Crippen molar-refractivity contribution in [1.82, 2.24) is 26.3 Å². The second-order valence-electron chi connectivity index (χ2n) is 17.6. The SMILES string of the molecule is CCCCC[C@@H](C(=O)NCNC(=O)c1ccc(-c2ccc(C(=O)N[C@@H](CC(C)=O)C(=O)OCc3ccccc3)c(OCC(=O)OCc3ccccc3)c2)o1)[C@@H](CC)N(C=O)OC(=O)NC(C)(C)c1ccccc1. The number of nitrogens with one attached hydrogen (secondary N) is 4. The molecule has 5 amide bonds. The Kier molecular flexibility index (Phi) is 21.3. The maximum Gasteiger partial charge on any atom is 0.432 e. The average Bonchev–Trinajstić information content (AvgIpc) is 3.89. The number of esters is 2. The third-order valence-electron chi connectivity index (χ3n) is 11.6. The Morgan fingerprint density at radius 1 is 0.753 bits per heavy atom. The summed E-state index contributed by atoms with van der Waals surface area (Å²) < 4.78 is 22.6. The van der Waals surface area contributed by atoms with Gasteiger partial charge in [0.1, 0.15) is 36.5 Å². The summed E-state index contributed by atoms with van der Waals surface area (Å²) in [5.74, 6) is -4.89. The molecule has 73 heavy (non-hydrogen) atoms. The van der Waals surface area contributed by atoms with E-state index in [9.17, 15) is 38.4 Å². The van der Waals surface area contributed by atoms with E-state index < -0.39 is 65.9 Å². The molecule has 18 heteroatoms. The van der Waals surface area contributed by atoms with Crippen LogP contribution in [0.15, 0.2) is 126 Å². The van der Waals surface area contributed by atoms with Crippen molar-refractivity contribution >= 4 is 47.9 Å². The molecule has 1 heterocycles. The van der Waals surface area contributed by atoms with Crippen LogP contribution in [0, 0.1) is 5.92 Å². The fraction of sp³-hybridized carbons (Fsp3) is 0.345. The van der Waals surface area contributed by atoms with Crippen LogP contribution in [-0.2, 0) is 57.0 Å². The van der Waals surface area contributed by atoms with Crippen LogP contribution < -0.4 is 26.0 Å². The highest BCUT2D eigenvalue weighted by Crippen LogP contribution is 2.30. The number of ketones is 1. The van der Waals surface area contributed by atoms with Gasteiger partial charge in [-0.15, -0.1) is 0 Å². The van der Waals surface area contributed by atoms with E-state index in [0.29, 0.717) is 30.4 Å². The summed E-state index contributed by atoms with van der Waals surface area (Å²) in [7, 11) is 0. The smallest absolute Gasteiger partial charge is 0.432 e. The fourth-order valence-corrected chi connectivity index (χ4v) is 7.71. The maximum absolute atomic E-state index is 13.9. The largest absolute Gasteiger partial charge is 0.481 e. The molecule has 0 saturated heterocycles. The molecule has 0 spiro atoms. The van der Waals surface area contributed by atoms with Gasteiger partial charge in [-0.2, -0.15) is 5.06 Å². The third kappa shape index (κ3) is 17.2. The molecule has 18 nitrogen and oxygen atoms in total. The lowest BCUT2D eigenvalue weighted by molar-refractivity contribution is -0.169. The van der Waals surface area contributed by atoms with E-state index in [0.717, 1.165) is 29.0 Å². The van der Waals surface area contributed by atoms with Crippen LogP contribution in [0.5, 0.6) is 5.75 Å². The van der Waals surface area contributed by atoms with Gasteiger partial charge in [0.05, 0.1) is 29.7 Å². The molecule has 0 unspecified atom stereocenters. The zero-order valence-electron chi connectivity index (χ0n) is 41.7. The van der Waals surface area contributed by atoms with Crippen LogP contribution in [-0.4, -0.2) is 78.4 Å². The summed E-state index contributed by atoms with van der Waals surface area (Å²) in [6.07, 6.45) is 2.08. The number of rotatable bonds is 28. The normalized spacial score (nSPS) is 12.2. The van der Waals surface area contributed by atoms with Gasteiger partial charge in [-0.05, 0) is 74.6 Å². The number of amides is 5. The Hall–Kier alpha value is -8.28. The summed E-state index contributed by atoms with van der Waals surface area (Å²) in [4.78, 5) is 110. The van der Waals surface area contributed by atoms with Crippen molar-refractivity contribution < 1.29 is 61.8 Å². The highest BCUT2D eigenvalue weighted by molar-refractivity contribution is 6.00. The predicted octanol–water partition coefficient (Wildman–Crippen LogP) is 7.70. The molecule has 386 valence electrons. The zero-order chi connectivity index (χ0) is 52.8. The summed E-state index contributed by atoms with van der Waals surface area (Å²) in [5, 5.41) is 11.5. The second-order valence-corrected chi connectivity index (χ2v) is 17.6. The first-order valence-corrected chi connectivity index (χ1v) is 24.0. The summed E-state index contributed by atoms with van der Waals surface area (Å²) in [6.45, 7) is 7.57. The number of carbonyl (C=O) groups is 8. The Bertz CT molecular complexity index is 2640. The number of hydrogen-bond acceptors (Lipinski definition) is 13. The molecule has 5 aromatic rings. The van der Waals surface area contributed by atoms with Crippen molar-refractivity contribution in [3.05, 3.63) is 149 Å². The second kappa shape index (κ2) is 27.9. The Morgan fingerprint density at radius 3 is 2.01 bits per heavy atom. The minimum Gasteiger partial charge on any atom is -0.481 e. The van der Waals surface area contributed by atoms with E-state index in [1.807, 2.05) is 49.4 Å². The molecule has 5 rings (SSSR count). The topological polar surface area (TPSA) is 238 Å². The molecule has 0 bridgehead atoms. The number of ether oxygens (including phenoxy) is 3. The molecule has 0 fully saturated rings. The summed E-state index contributed by atoms with van der Waals surface area (Å²) in [6, 6.07) is 32.0. The highest BCUT2D eigenvalue weighted by atomic mass is 16.7. The van der Waals surface area contributed by atoms with Gasteiger partial charge in [0.15, 0.2) is 12.4 Å². The molecule has 0 radical (unpaired) electrons. The number of hydrogen-bond donors (Lipinski definition) is 4. The van der Waals surface area contributed by atoms with Gasteiger partial charge in [0, 0.05) is 12.0 Å². The van der Waals surface area contributed by atoms with Crippen molar-refractivity contribution in [1.29, 1.82) is 0 Å². The van der Waals surface area contributed by atoms with Gasteiger partial charge in [0.25, 0.3) is 11.8 Å². The molecule has 4 aromatic carbocycles. The van der Waals surface area contributed by atoms with Crippen LogP contribution in [0.1, 0.15) is 111 Å². The number of hydroxylamine groups is 2. The minimum atomic E-state index is -1.36. The molecule has 0 saturated carbocycles. The quantitative estimate of drug-likeness (QED) is 0.0124. The lowest BCUT2D eigenvalue weighted by Crippen LogP contribution is -2.51. The highest BCUT2D eigenvalue weighted by Gasteiger charge is 2.35. The molecule has 0 aliphatic heterocycles. The fourth-order valence-electron chi connectivity index (χ4n) is 7.71. The monoisotopic (exact) mass is 1000 g/mol. The third-order valence-corrected chi connectivity index (χ3v) is 11.6. The number of benzene rings is 4. The first-order chi connectivity index (χ1) is 35.1. The minimum absolute atomic E-state index is 0.0313. The van der Waals surface area contributed by atoms with Crippen molar-refractivity contribution in [3.63, 3.8) is 0 Å². The van der Waals surface area contributed by atoms with E-state index in [4.69, 9.17) is 23.5 Å². The van der Waals surface area contributed by atoms with Gasteiger partial charge >= 0.3 is 18.0 Å². The molecular weight excluding hydrogens is 939 g/mol. The van der Waals surface area contributed by atoms with Gasteiger partial charge in [0.2, 0.25) is 12.3 Å². The Morgan fingerprint density at radius 2 is 1.40 bits per heavy atom. The first kappa shape index (κ1) is 55.6. The lowest BCUT2D eigenvalue weighted by Gasteiger charge is -2.33. The molecule has 0 aliphatic carbocycles. The van der Waals surface area contributed by atoms with Crippen LogP contribution >= 0.6 is 0 Å². The standard InChI is InChI=1S/C55H63N5O13/c1-6-8-12-25-42(45(7-2)60(36-61)73-54(68)59-55(4,5)41-23-17-11-18-24-41)50(64)56-35-57-52(66)47-29-28-46(72-47)40-26-27-43(48(31-40)69-34-49(63)70-32-38-19-13-9-14-20-38)51(65)58-44(30-37(3)62)53(67)71-33-39-21-15-10-16-22-39/h9-11,13-24,26-29,31,36,42,44-45H,6-8,12,25,30,32-35H2,1-5H3,(H,56,64)(H,57,66)(H,58,65)(H,59,68)/t42-,44+,45-/m1/s1. The number of furan rings is 1. The number of carbonyl (C=O) groups excluding carboxylic acids is 8. The lowest BCUT2D eigenvalue weighted by atomic mass is 9.90. The van der Waals surface area contributed by atoms with Crippen LogP contribution in [0.25, 0.3) is 11.3 Å². The molecule has 4 N–H and O–H groups in total. The Balaban J connectivity index is 1.27. The van der Waals surface area contributed by atoms with Crippen molar-refractivity contribution in [2.75, 3.05) is 13.3 Å². The Labute approximate surface area is 424 Å². The van der Waals surface area contributed by atoms with E-state index in [1.54, 1.807) is 69.3 Å². The molecule has 3 atom stereocenters. The van der Waals surface area contributed by atoms with Crippen molar-refractivity contribution in [2.45, 2.75) is 104 Å². The van der Waals surface area contributed by atoms with Gasteiger partial charge in [-0.1, -0.05) is 130 Å². The molecule has 0 aliphatic rings. The maximum atomic E-state index is 13.9. The van der Waals surface area contributed by atoms with E-state index >= 15 is 0 Å². The van der Waals surface area contributed by atoms with Crippen LogP contribution in [0.3, 0.4) is 0 Å². The van der Waals surface area contributed by atoms with Gasteiger partial charge < -0.3 is 44.7 Å². The zero-order valence-corrected chi connectivity index (χ0v) is 41.7. The molecular formula is C55H63N5O13. The number of unbranched alkanes of at least 4 members (excludes halogenated alkanes) is 2. The van der Waals surface area contributed by atoms with Crippen LogP contribution in [0.2, 0.25) is 0 Å². The van der Waals surface area contributed by atoms with Crippen LogP contribution in [0.4, 0.5) is 4.79 Å². The summed E-state index contributed by atoms with van der Waals surface area (Å²) >= 11 is 0. The van der Waals surface area contributed by atoms with E-state index in [1.165, 1.54) is 37.3 Å². The summed E-state index contributed by atoms with van der Waals surface area (Å²) in [5.41, 5.74) is 1.62. The van der Waals surface area contributed by atoms with Crippen molar-refractivity contribution in [3.8, 4) is 17.1 Å². The predicted molar refractivity (Wildman–Crippen MR) is 268 cm³/mol.